The second-order valence-corrected chi connectivity index (χ2v) is 6.30. The van der Waals surface area contributed by atoms with Gasteiger partial charge in [-0.1, -0.05) is 30.3 Å². The van der Waals surface area contributed by atoms with Crippen molar-refractivity contribution in [1.82, 2.24) is 15.0 Å². The van der Waals surface area contributed by atoms with Gasteiger partial charge in [-0.25, -0.2) is 15.0 Å². The van der Waals surface area contributed by atoms with Crippen LogP contribution in [0.25, 0.3) is 21.7 Å². The first-order valence-electron chi connectivity index (χ1n) is 7.94. The highest BCUT2D eigenvalue weighted by atomic mass is 32.1. The summed E-state index contributed by atoms with van der Waals surface area (Å²) in [5.74, 6) is 2.63. The molecule has 7 heteroatoms. The summed E-state index contributed by atoms with van der Waals surface area (Å²) >= 11 is 1.49. The molecule has 2 aromatic heterocycles. The molecule has 0 amide bonds. The molecular formula is C19H16N4O2S. The van der Waals surface area contributed by atoms with Crippen molar-refractivity contribution in [2.24, 2.45) is 0 Å². The Balaban J connectivity index is 1.77. The number of fused-ring (bicyclic) bond motifs is 1. The zero-order chi connectivity index (χ0) is 17.9. The lowest BCUT2D eigenvalue weighted by Crippen LogP contribution is -1.99. The van der Waals surface area contributed by atoms with Crippen LogP contribution in [0.1, 0.15) is 0 Å². The first-order valence-corrected chi connectivity index (χ1v) is 8.82. The summed E-state index contributed by atoms with van der Waals surface area (Å²) in [7, 11) is 3.22. The number of rotatable bonds is 5. The first-order chi connectivity index (χ1) is 12.8. The highest BCUT2D eigenvalue weighted by Crippen LogP contribution is 2.33. The fraction of sp³-hybridized carbons (Fsp3) is 0.105. The van der Waals surface area contributed by atoms with Crippen molar-refractivity contribution in [2.75, 3.05) is 19.5 Å². The number of hydrogen-bond acceptors (Lipinski definition) is 7. The van der Waals surface area contributed by atoms with Crippen molar-refractivity contribution in [3.05, 3.63) is 54.0 Å². The number of methoxy groups -OCH3 is 2. The molecule has 26 heavy (non-hydrogen) atoms. The predicted octanol–water partition coefficient (Wildman–Crippen LogP) is 4.51. The fourth-order valence-electron chi connectivity index (χ4n) is 2.62. The third-order valence-corrected chi connectivity index (χ3v) is 4.60. The number of benzene rings is 2. The van der Waals surface area contributed by atoms with Gasteiger partial charge in [0, 0.05) is 17.3 Å². The van der Waals surface area contributed by atoms with Gasteiger partial charge in [-0.3, -0.25) is 0 Å². The number of hydrogen-bond donors (Lipinski definition) is 1. The topological polar surface area (TPSA) is 69.2 Å². The molecule has 0 radical (unpaired) electrons. The van der Waals surface area contributed by atoms with E-state index in [4.69, 9.17) is 9.47 Å². The van der Waals surface area contributed by atoms with Gasteiger partial charge >= 0.3 is 0 Å². The molecule has 0 bridgehead atoms. The van der Waals surface area contributed by atoms with E-state index < -0.39 is 0 Å². The summed E-state index contributed by atoms with van der Waals surface area (Å²) < 4.78 is 10.7. The smallest absolute Gasteiger partial charge is 0.163 e. The Labute approximate surface area is 154 Å². The van der Waals surface area contributed by atoms with E-state index in [1.165, 1.54) is 11.3 Å². The highest BCUT2D eigenvalue weighted by molar-refractivity contribution is 7.16. The number of anilines is 2. The van der Waals surface area contributed by atoms with Gasteiger partial charge in [0.25, 0.3) is 0 Å². The minimum absolute atomic E-state index is 0.643. The van der Waals surface area contributed by atoms with Crippen LogP contribution in [-0.2, 0) is 0 Å². The molecule has 130 valence electrons. The Hall–Kier alpha value is -3.19. The van der Waals surface area contributed by atoms with Crippen LogP contribution in [0.2, 0.25) is 0 Å². The molecule has 2 aromatic carbocycles. The van der Waals surface area contributed by atoms with E-state index in [-0.39, 0.29) is 0 Å². The summed E-state index contributed by atoms with van der Waals surface area (Å²) in [5.41, 5.74) is 4.30. The van der Waals surface area contributed by atoms with E-state index in [0.29, 0.717) is 23.1 Å². The Morgan fingerprint density at radius 3 is 2.50 bits per heavy atom. The molecule has 0 aliphatic heterocycles. The van der Waals surface area contributed by atoms with Crippen molar-refractivity contribution >= 4 is 33.2 Å². The Kier molecular flexibility index (Phi) is 4.37. The van der Waals surface area contributed by atoms with Crippen molar-refractivity contribution in [1.29, 1.82) is 0 Å². The monoisotopic (exact) mass is 364 g/mol. The zero-order valence-corrected chi connectivity index (χ0v) is 15.1. The number of thiazole rings is 1. The van der Waals surface area contributed by atoms with Crippen LogP contribution >= 0.6 is 11.3 Å². The molecule has 0 saturated carbocycles. The van der Waals surface area contributed by atoms with E-state index in [9.17, 15) is 0 Å². The van der Waals surface area contributed by atoms with Gasteiger partial charge in [-0.05, 0) is 12.1 Å². The maximum Gasteiger partial charge on any atom is 0.163 e. The largest absolute Gasteiger partial charge is 0.493 e. The van der Waals surface area contributed by atoms with E-state index >= 15 is 0 Å². The maximum atomic E-state index is 5.37. The molecule has 2 heterocycles. The standard InChI is InChI=1S/C19H16N4O2S/c1-24-14-9-8-13(10-15(14)25-2)21-18-16-19(26-11-20-16)23-17(22-18)12-6-4-3-5-7-12/h3-11H,1-2H3,(H,21,22,23). The van der Waals surface area contributed by atoms with Crippen LogP contribution in [0.3, 0.4) is 0 Å². The van der Waals surface area contributed by atoms with E-state index in [1.807, 2.05) is 48.5 Å². The van der Waals surface area contributed by atoms with Crippen LogP contribution < -0.4 is 14.8 Å². The van der Waals surface area contributed by atoms with Crippen LogP contribution in [0.5, 0.6) is 11.5 Å². The molecule has 0 aliphatic carbocycles. The quantitative estimate of drug-likeness (QED) is 0.562. The van der Waals surface area contributed by atoms with E-state index in [2.05, 4.69) is 20.3 Å². The van der Waals surface area contributed by atoms with Crippen LogP contribution in [-0.4, -0.2) is 29.2 Å². The summed E-state index contributed by atoms with van der Waals surface area (Å²) in [4.78, 5) is 14.6. The van der Waals surface area contributed by atoms with Crippen molar-refractivity contribution < 1.29 is 9.47 Å². The third-order valence-electron chi connectivity index (χ3n) is 3.88. The zero-order valence-electron chi connectivity index (χ0n) is 14.3. The minimum atomic E-state index is 0.643. The molecule has 4 rings (SSSR count). The average Bonchev–Trinajstić information content (AvgIpc) is 3.17. The lowest BCUT2D eigenvalue weighted by Gasteiger charge is -2.12. The molecule has 1 N–H and O–H groups in total. The van der Waals surface area contributed by atoms with E-state index in [0.717, 1.165) is 21.6 Å². The van der Waals surface area contributed by atoms with Gasteiger partial charge in [-0.2, -0.15) is 0 Å². The SMILES string of the molecule is COc1ccc(Nc2nc(-c3ccccc3)nc3scnc23)cc1OC. The van der Waals surface area contributed by atoms with Gasteiger partial charge in [0.15, 0.2) is 23.1 Å². The summed E-state index contributed by atoms with van der Waals surface area (Å²) in [6, 6.07) is 15.5. The van der Waals surface area contributed by atoms with Crippen molar-refractivity contribution in [3.63, 3.8) is 0 Å². The fourth-order valence-corrected chi connectivity index (χ4v) is 3.27. The summed E-state index contributed by atoms with van der Waals surface area (Å²) in [5, 5.41) is 3.33. The first kappa shape index (κ1) is 16.3. The van der Waals surface area contributed by atoms with Gasteiger partial charge < -0.3 is 14.8 Å². The summed E-state index contributed by atoms with van der Waals surface area (Å²) in [6.07, 6.45) is 0. The second kappa shape index (κ2) is 6.97. The molecule has 0 atom stereocenters. The molecule has 6 nitrogen and oxygen atoms in total. The lowest BCUT2D eigenvalue weighted by molar-refractivity contribution is 0.355. The maximum absolute atomic E-state index is 5.37. The molecule has 0 unspecified atom stereocenters. The van der Waals surface area contributed by atoms with Crippen LogP contribution in [0, 0.1) is 0 Å². The molecule has 0 spiro atoms. The number of aromatic nitrogens is 3. The van der Waals surface area contributed by atoms with Gasteiger partial charge in [0.1, 0.15) is 10.3 Å². The Bertz CT molecular complexity index is 1050. The molecule has 4 aromatic rings. The van der Waals surface area contributed by atoms with Gasteiger partial charge in [0.05, 0.1) is 19.7 Å². The molecular weight excluding hydrogens is 348 g/mol. The molecule has 0 fully saturated rings. The van der Waals surface area contributed by atoms with E-state index in [1.54, 1.807) is 19.7 Å². The summed E-state index contributed by atoms with van der Waals surface area (Å²) in [6.45, 7) is 0. The normalized spacial score (nSPS) is 10.7. The molecule has 0 aliphatic rings. The second-order valence-electron chi connectivity index (χ2n) is 5.46. The van der Waals surface area contributed by atoms with Crippen LogP contribution in [0.15, 0.2) is 54.0 Å². The number of nitrogens with one attached hydrogen (secondary N) is 1. The van der Waals surface area contributed by atoms with Crippen LogP contribution in [0.4, 0.5) is 11.5 Å². The highest BCUT2D eigenvalue weighted by Gasteiger charge is 2.13. The Morgan fingerprint density at radius 2 is 1.73 bits per heavy atom. The molecule has 0 saturated heterocycles. The predicted molar refractivity (Wildman–Crippen MR) is 103 cm³/mol. The minimum Gasteiger partial charge on any atom is -0.493 e. The average molecular weight is 364 g/mol. The third kappa shape index (κ3) is 3.04. The lowest BCUT2D eigenvalue weighted by atomic mass is 10.2. The van der Waals surface area contributed by atoms with Crippen molar-refractivity contribution in [2.45, 2.75) is 0 Å². The number of nitrogens with zero attached hydrogens (tertiary/aromatic N) is 3. The van der Waals surface area contributed by atoms with Crippen molar-refractivity contribution in [3.8, 4) is 22.9 Å². The van der Waals surface area contributed by atoms with Gasteiger partial charge in [0.2, 0.25) is 0 Å². The Morgan fingerprint density at radius 1 is 0.923 bits per heavy atom. The van der Waals surface area contributed by atoms with Gasteiger partial charge in [-0.15, -0.1) is 11.3 Å². The number of ether oxygens (including phenoxy) is 2.